The lowest BCUT2D eigenvalue weighted by molar-refractivity contribution is -0.110. The predicted octanol–water partition coefficient (Wildman–Crippen LogP) is 5.83. The van der Waals surface area contributed by atoms with E-state index >= 15 is 0 Å². The van der Waals surface area contributed by atoms with Crippen molar-refractivity contribution >= 4 is 29.2 Å². The third-order valence-electron chi connectivity index (χ3n) is 7.48. The molecule has 4 aromatic rings. The number of fused-ring (bicyclic) bond motifs is 1. The number of oxazole rings is 1. The summed E-state index contributed by atoms with van der Waals surface area (Å²) in [5.41, 5.74) is 7.46. The molecule has 0 fully saturated rings. The predicted molar refractivity (Wildman–Crippen MR) is 159 cm³/mol. The minimum atomic E-state index is -0.191. The molecular formula is C32H35N5O3. The van der Waals surface area contributed by atoms with Gasteiger partial charge in [0.1, 0.15) is 0 Å². The first-order valence-corrected chi connectivity index (χ1v) is 13.7. The van der Waals surface area contributed by atoms with Gasteiger partial charge >= 0.3 is 0 Å². The minimum absolute atomic E-state index is 0.114. The lowest BCUT2D eigenvalue weighted by atomic mass is 10.0. The molecule has 1 aliphatic heterocycles. The summed E-state index contributed by atoms with van der Waals surface area (Å²) < 4.78 is 6.16. The topological polar surface area (TPSA) is 103 Å². The standard InChI is InChI=1S/C32H35N5O3/c1-6-37(7-2)16-15-33-31(39)28-19(3)27(34-20(28)4)18-25-24-17-23(13-14-26(24)36-30(25)38)29-21(5)35-32(40-29)22-11-9-8-10-12-22/h8-14,17-18,34H,6-7,15-16H2,1-5H3,(H,33,39)(H,36,38). The van der Waals surface area contributed by atoms with Crippen molar-refractivity contribution in [2.24, 2.45) is 0 Å². The molecule has 2 aromatic carbocycles. The molecule has 5 rings (SSSR count). The number of carbonyl (C=O) groups is 2. The number of benzene rings is 2. The summed E-state index contributed by atoms with van der Waals surface area (Å²) in [7, 11) is 0. The normalized spacial score (nSPS) is 13.7. The van der Waals surface area contributed by atoms with E-state index in [1.165, 1.54) is 0 Å². The first-order chi connectivity index (χ1) is 19.3. The third kappa shape index (κ3) is 5.22. The second kappa shape index (κ2) is 11.4. The highest BCUT2D eigenvalue weighted by Crippen LogP contribution is 2.38. The van der Waals surface area contributed by atoms with Crippen molar-refractivity contribution in [1.82, 2.24) is 20.2 Å². The Bertz CT molecular complexity index is 1590. The molecule has 0 spiro atoms. The monoisotopic (exact) mass is 537 g/mol. The summed E-state index contributed by atoms with van der Waals surface area (Å²) in [6.45, 7) is 13.2. The van der Waals surface area contributed by atoms with Crippen LogP contribution >= 0.6 is 0 Å². The maximum Gasteiger partial charge on any atom is 0.256 e. The van der Waals surface area contributed by atoms with Crippen LogP contribution in [0.3, 0.4) is 0 Å². The van der Waals surface area contributed by atoms with Crippen LogP contribution in [0.4, 0.5) is 5.69 Å². The summed E-state index contributed by atoms with van der Waals surface area (Å²) in [6.07, 6.45) is 1.82. The number of likely N-dealkylation sites (N-methyl/N-ethyl adjacent to an activating group) is 1. The van der Waals surface area contributed by atoms with Crippen molar-refractivity contribution in [3.8, 4) is 22.8 Å². The van der Waals surface area contributed by atoms with Gasteiger partial charge in [-0.2, -0.15) is 0 Å². The molecular weight excluding hydrogens is 502 g/mol. The molecule has 0 atom stereocenters. The summed E-state index contributed by atoms with van der Waals surface area (Å²) in [4.78, 5) is 36.3. The van der Waals surface area contributed by atoms with E-state index in [-0.39, 0.29) is 11.8 Å². The molecule has 0 bridgehead atoms. The molecule has 8 nitrogen and oxygen atoms in total. The maximum atomic E-state index is 13.0. The number of nitrogens with zero attached hydrogens (tertiary/aromatic N) is 2. The third-order valence-corrected chi connectivity index (χ3v) is 7.48. The van der Waals surface area contributed by atoms with E-state index in [9.17, 15) is 9.59 Å². The summed E-state index contributed by atoms with van der Waals surface area (Å²) >= 11 is 0. The van der Waals surface area contributed by atoms with Crippen molar-refractivity contribution in [2.45, 2.75) is 34.6 Å². The summed E-state index contributed by atoms with van der Waals surface area (Å²) in [5.74, 6) is 0.912. The Labute approximate surface area is 234 Å². The number of hydrogen-bond acceptors (Lipinski definition) is 5. The minimum Gasteiger partial charge on any atom is -0.436 e. The van der Waals surface area contributed by atoms with Crippen LogP contribution in [0.1, 0.15) is 52.4 Å². The first-order valence-electron chi connectivity index (χ1n) is 13.7. The highest BCUT2D eigenvalue weighted by molar-refractivity contribution is 6.35. The Morgan fingerprint density at radius 1 is 1.05 bits per heavy atom. The van der Waals surface area contributed by atoms with Gasteiger partial charge in [-0.3, -0.25) is 9.59 Å². The quantitative estimate of drug-likeness (QED) is 0.233. The number of amides is 2. The second-order valence-electron chi connectivity index (χ2n) is 10.0. The van der Waals surface area contributed by atoms with Gasteiger partial charge in [0.05, 0.1) is 16.8 Å². The largest absolute Gasteiger partial charge is 0.436 e. The van der Waals surface area contributed by atoms with Crippen LogP contribution < -0.4 is 10.6 Å². The fraction of sp³-hybridized carbons (Fsp3) is 0.281. The van der Waals surface area contributed by atoms with Crippen molar-refractivity contribution < 1.29 is 14.0 Å². The highest BCUT2D eigenvalue weighted by Gasteiger charge is 2.27. The molecule has 3 N–H and O–H groups in total. The van der Waals surface area contributed by atoms with E-state index in [1.54, 1.807) is 0 Å². The van der Waals surface area contributed by atoms with E-state index in [4.69, 9.17) is 4.42 Å². The van der Waals surface area contributed by atoms with Crippen LogP contribution in [0.15, 0.2) is 52.9 Å². The SMILES string of the molecule is CCN(CC)CCNC(=O)c1c(C)[nH]c(C=C2C(=O)Nc3ccc(-c4oc(-c5ccccc5)nc4C)cc32)c1C. The van der Waals surface area contributed by atoms with Gasteiger partial charge in [-0.25, -0.2) is 4.98 Å². The van der Waals surface area contributed by atoms with E-state index < -0.39 is 0 Å². The Hall–Kier alpha value is -4.43. The molecule has 0 saturated carbocycles. The molecule has 8 heteroatoms. The van der Waals surface area contributed by atoms with Gasteiger partial charge in [0.25, 0.3) is 11.8 Å². The van der Waals surface area contributed by atoms with E-state index in [0.29, 0.717) is 29.3 Å². The number of anilines is 1. The van der Waals surface area contributed by atoms with Crippen LogP contribution in [0.5, 0.6) is 0 Å². The van der Waals surface area contributed by atoms with Gasteiger partial charge in [-0.05, 0) is 75.8 Å². The van der Waals surface area contributed by atoms with Gasteiger partial charge in [0, 0.05) is 46.9 Å². The van der Waals surface area contributed by atoms with E-state index in [0.717, 1.165) is 64.7 Å². The summed E-state index contributed by atoms with van der Waals surface area (Å²) in [5, 5.41) is 5.99. The number of aromatic nitrogens is 2. The van der Waals surface area contributed by atoms with E-state index in [2.05, 4.69) is 39.3 Å². The molecule has 0 unspecified atom stereocenters. The zero-order valence-electron chi connectivity index (χ0n) is 23.6. The van der Waals surface area contributed by atoms with Crippen LogP contribution in [0, 0.1) is 20.8 Å². The molecule has 2 aromatic heterocycles. The molecule has 206 valence electrons. The fourth-order valence-corrected chi connectivity index (χ4v) is 5.20. The van der Waals surface area contributed by atoms with Crippen LogP contribution in [0.2, 0.25) is 0 Å². The number of hydrogen-bond donors (Lipinski definition) is 3. The Morgan fingerprint density at radius 2 is 1.80 bits per heavy atom. The Kier molecular flexibility index (Phi) is 7.71. The number of carbonyl (C=O) groups excluding carboxylic acids is 2. The molecule has 0 radical (unpaired) electrons. The van der Waals surface area contributed by atoms with Gasteiger partial charge in [0.2, 0.25) is 5.89 Å². The number of H-pyrrole nitrogens is 1. The smallest absolute Gasteiger partial charge is 0.256 e. The molecule has 2 amide bonds. The average molecular weight is 538 g/mol. The van der Waals surface area contributed by atoms with Crippen molar-refractivity contribution in [3.63, 3.8) is 0 Å². The van der Waals surface area contributed by atoms with Crippen molar-refractivity contribution in [2.75, 3.05) is 31.5 Å². The van der Waals surface area contributed by atoms with Gasteiger partial charge in [-0.1, -0.05) is 32.0 Å². The van der Waals surface area contributed by atoms with Gasteiger partial charge < -0.3 is 24.9 Å². The molecule has 40 heavy (non-hydrogen) atoms. The molecule has 0 saturated heterocycles. The van der Waals surface area contributed by atoms with Gasteiger partial charge in [-0.15, -0.1) is 0 Å². The van der Waals surface area contributed by atoms with Crippen molar-refractivity contribution in [1.29, 1.82) is 0 Å². The highest BCUT2D eigenvalue weighted by atomic mass is 16.4. The zero-order chi connectivity index (χ0) is 28.4. The average Bonchev–Trinajstić information content (AvgIpc) is 3.59. The Morgan fingerprint density at radius 3 is 2.52 bits per heavy atom. The number of nitrogens with one attached hydrogen (secondary N) is 3. The Balaban J connectivity index is 1.43. The van der Waals surface area contributed by atoms with Crippen molar-refractivity contribution in [3.05, 3.63) is 82.3 Å². The number of rotatable bonds is 9. The van der Waals surface area contributed by atoms with Crippen LogP contribution in [-0.2, 0) is 4.79 Å². The zero-order valence-corrected chi connectivity index (χ0v) is 23.6. The molecule has 3 heterocycles. The van der Waals surface area contributed by atoms with Crippen LogP contribution in [0.25, 0.3) is 34.4 Å². The van der Waals surface area contributed by atoms with Crippen LogP contribution in [-0.4, -0.2) is 52.9 Å². The number of aryl methyl sites for hydroxylation is 2. The van der Waals surface area contributed by atoms with Gasteiger partial charge in [0.15, 0.2) is 5.76 Å². The lowest BCUT2D eigenvalue weighted by Crippen LogP contribution is -2.35. The second-order valence-corrected chi connectivity index (χ2v) is 10.0. The summed E-state index contributed by atoms with van der Waals surface area (Å²) in [6, 6.07) is 15.5. The first kappa shape index (κ1) is 27.1. The van der Waals surface area contributed by atoms with E-state index in [1.807, 2.05) is 75.4 Å². The molecule has 0 aliphatic carbocycles. The fourth-order valence-electron chi connectivity index (χ4n) is 5.20. The molecule has 1 aliphatic rings. The lowest BCUT2D eigenvalue weighted by Gasteiger charge is -2.18. The maximum absolute atomic E-state index is 13.0. The number of aromatic amines is 1.